The fourth-order valence-electron chi connectivity index (χ4n) is 1.41. The van der Waals surface area contributed by atoms with Crippen LogP contribution in [-0.4, -0.2) is 40.6 Å². The normalized spacial score (nSPS) is 12.6. The quantitative estimate of drug-likeness (QED) is 0.408. The predicted molar refractivity (Wildman–Crippen MR) is 84.8 cm³/mol. The van der Waals surface area contributed by atoms with Crippen LogP contribution in [0.1, 0.15) is 0 Å². The number of alkyl halides is 4. The van der Waals surface area contributed by atoms with Crippen LogP contribution < -0.4 is 16.4 Å². The molecule has 1 amide bonds. The van der Waals surface area contributed by atoms with Crippen molar-refractivity contribution in [2.75, 3.05) is 23.9 Å². The first-order chi connectivity index (χ1) is 11.1. The van der Waals surface area contributed by atoms with Crippen molar-refractivity contribution in [2.24, 2.45) is 0 Å². The number of carbonyl (C=O) groups excluding carboxylic acids is 1. The highest BCUT2D eigenvalue weighted by Gasteiger charge is 2.42. The van der Waals surface area contributed by atoms with Crippen LogP contribution in [0, 0.1) is 0 Å². The number of hydrogen-bond acceptors (Lipinski definition) is 5. The molecule has 0 aliphatic heterocycles. The van der Waals surface area contributed by atoms with Gasteiger partial charge in [-0.25, -0.2) is 13.6 Å². The molecule has 0 fully saturated rings. The topological polar surface area (TPSA) is 93.5 Å². The van der Waals surface area contributed by atoms with E-state index in [9.17, 15) is 26.6 Å². The number of benzene rings is 1. The number of rotatable bonds is 5. The number of nitrogens with one attached hydrogen (secondary N) is 2. The molecule has 0 spiro atoms. The molecule has 0 aliphatic rings. The van der Waals surface area contributed by atoms with Gasteiger partial charge in [0.25, 0.3) is 0 Å². The minimum atomic E-state index is -4.37. The van der Waals surface area contributed by atoms with Gasteiger partial charge in [0.1, 0.15) is 0 Å². The van der Waals surface area contributed by atoms with Crippen molar-refractivity contribution in [1.82, 2.24) is 5.32 Å². The third-order valence-electron chi connectivity index (χ3n) is 2.58. The Hall–Kier alpha value is -1.95. The second-order valence-corrected chi connectivity index (χ2v) is 6.23. The summed E-state index contributed by atoms with van der Waals surface area (Å²) in [6.07, 6.45) is -4.74. The molecule has 24 heavy (non-hydrogen) atoms. The SMILES string of the molecule is COC(=O)NC(=S)Nc1ccc(S(=O)CC(F)(F)C(F)F)cc1N. The molecule has 0 aromatic heterocycles. The van der Waals surface area contributed by atoms with E-state index >= 15 is 0 Å². The van der Waals surface area contributed by atoms with E-state index in [4.69, 9.17) is 18.0 Å². The van der Waals surface area contributed by atoms with Gasteiger partial charge in [0.15, 0.2) is 5.11 Å². The number of nitrogen functional groups attached to an aromatic ring is 1. The van der Waals surface area contributed by atoms with Crippen LogP contribution in [0.4, 0.5) is 33.7 Å². The van der Waals surface area contributed by atoms with E-state index in [1.807, 2.05) is 0 Å². The molecule has 1 atom stereocenters. The van der Waals surface area contributed by atoms with Crippen molar-refractivity contribution in [3.05, 3.63) is 18.2 Å². The van der Waals surface area contributed by atoms with Gasteiger partial charge >= 0.3 is 18.4 Å². The largest absolute Gasteiger partial charge is 0.453 e. The Bertz CT molecular complexity index is 658. The summed E-state index contributed by atoms with van der Waals surface area (Å²) in [5.41, 5.74) is 5.82. The lowest BCUT2D eigenvalue weighted by molar-refractivity contribution is -0.110. The molecule has 1 aromatic rings. The third kappa shape index (κ3) is 5.60. The summed E-state index contributed by atoms with van der Waals surface area (Å²) in [7, 11) is -1.25. The number of alkyl carbamates (subject to hydrolysis) is 1. The molecule has 1 aromatic carbocycles. The molecule has 134 valence electrons. The number of methoxy groups -OCH3 is 1. The van der Waals surface area contributed by atoms with Crippen molar-refractivity contribution >= 4 is 45.6 Å². The van der Waals surface area contributed by atoms with Crippen LogP contribution in [0.3, 0.4) is 0 Å². The van der Waals surface area contributed by atoms with Crippen molar-refractivity contribution in [2.45, 2.75) is 17.2 Å². The lowest BCUT2D eigenvalue weighted by Gasteiger charge is -2.15. The highest BCUT2D eigenvalue weighted by atomic mass is 32.2. The lowest BCUT2D eigenvalue weighted by Crippen LogP contribution is -2.34. The number of nitrogens with two attached hydrogens (primary N) is 1. The number of thiocarbonyl (C=S) groups is 1. The summed E-state index contributed by atoms with van der Waals surface area (Å²) in [5.74, 6) is -5.90. The van der Waals surface area contributed by atoms with Gasteiger partial charge in [0.2, 0.25) is 0 Å². The molecule has 0 saturated heterocycles. The number of anilines is 2. The van der Waals surface area contributed by atoms with Crippen molar-refractivity contribution in [3.63, 3.8) is 0 Å². The number of halogens is 4. The smallest absolute Gasteiger partial charge is 0.413 e. The number of amides is 1. The van der Waals surface area contributed by atoms with E-state index in [-0.39, 0.29) is 21.4 Å². The van der Waals surface area contributed by atoms with Gasteiger partial charge in [-0.3, -0.25) is 9.53 Å². The Kier molecular flexibility index (Phi) is 6.90. The molecule has 12 heteroatoms. The van der Waals surface area contributed by atoms with Crippen LogP contribution >= 0.6 is 12.2 Å². The van der Waals surface area contributed by atoms with Gasteiger partial charge in [-0.05, 0) is 30.4 Å². The molecule has 4 N–H and O–H groups in total. The molecular formula is C12H13F4N3O3S2. The van der Waals surface area contributed by atoms with Gasteiger partial charge < -0.3 is 15.8 Å². The number of hydrogen-bond donors (Lipinski definition) is 3. The highest BCUT2D eigenvalue weighted by Crippen LogP contribution is 2.28. The average Bonchev–Trinajstić information content (AvgIpc) is 2.48. The fraction of sp³-hybridized carbons (Fsp3) is 0.333. The maximum absolute atomic E-state index is 12.9. The Morgan fingerprint density at radius 1 is 1.46 bits per heavy atom. The standard InChI is InChI=1S/C12H13F4N3O3S2/c1-22-11(20)19-10(23)18-8-3-2-6(4-7(8)17)24(21)5-12(15,16)9(13)14/h2-4,9H,5,17H2,1H3,(H2,18,19,20,23). The Morgan fingerprint density at radius 3 is 2.58 bits per heavy atom. The van der Waals surface area contributed by atoms with Crippen molar-refractivity contribution < 1.29 is 31.3 Å². The zero-order valence-corrected chi connectivity index (χ0v) is 13.8. The van der Waals surface area contributed by atoms with Gasteiger partial charge in [0.05, 0.1) is 35.0 Å². The summed E-state index contributed by atoms with van der Waals surface area (Å²) >= 11 is 4.80. The van der Waals surface area contributed by atoms with Crippen LogP contribution in [-0.2, 0) is 15.5 Å². The van der Waals surface area contributed by atoms with Gasteiger partial charge in [-0.15, -0.1) is 0 Å². The fourth-order valence-corrected chi connectivity index (χ4v) is 2.73. The molecular weight excluding hydrogens is 374 g/mol. The predicted octanol–water partition coefficient (Wildman–Crippen LogP) is 2.33. The number of carbonyl (C=O) groups is 1. The Morgan fingerprint density at radius 2 is 2.08 bits per heavy atom. The molecule has 1 unspecified atom stereocenters. The van der Waals surface area contributed by atoms with Crippen LogP contribution in [0.25, 0.3) is 0 Å². The van der Waals surface area contributed by atoms with Crippen LogP contribution in [0.15, 0.2) is 23.1 Å². The second-order valence-electron chi connectivity index (χ2n) is 4.37. The first-order valence-electron chi connectivity index (χ1n) is 6.16. The molecule has 0 saturated carbocycles. The second kappa shape index (κ2) is 8.24. The van der Waals surface area contributed by atoms with Crippen LogP contribution in [0.5, 0.6) is 0 Å². The van der Waals surface area contributed by atoms with Crippen molar-refractivity contribution in [1.29, 1.82) is 0 Å². The van der Waals surface area contributed by atoms with E-state index in [1.165, 1.54) is 6.07 Å². The van der Waals surface area contributed by atoms with Gasteiger partial charge in [-0.2, -0.15) is 8.78 Å². The summed E-state index contributed by atoms with van der Waals surface area (Å²) in [6, 6.07) is 3.51. The summed E-state index contributed by atoms with van der Waals surface area (Å²) in [4.78, 5) is 10.8. The highest BCUT2D eigenvalue weighted by molar-refractivity contribution is 7.85. The van der Waals surface area contributed by atoms with E-state index in [0.29, 0.717) is 0 Å². The minimum absolute atomic E-state index is 0.0322. The van der Waals surface area contributed by atoms with E-state index < -0.39 is 35.0 Å². The maximum atomic E-state index is 12.9. The first-order valence-corrected chi connectivity index (χ1v) is 7.89. The summed E-state index contributed by atoms with van der Waals surface area (Å²) in [5, 5.41) is 4.54. The van der Waals surface area contributed by atoms with Gasteiger partial charge in [-0.1, -0.05) is 0 Å². The zero-order valence-electron chi connectivity index (χ0n) is 12.1. The van der Waals surface area contributed by atoms with Crippen LogP contribution in [0.2, 0.25) is 0 Å². The first kappa shape index (κ1) is 20.1. The van der Waals surface area contributed by atoms with Gasteiger partial charge in [0, 0.05) is 4.90 Å². The summed E-state index contributed by atoms with van der Waals surface area (Å²) in [6.45, 7) is 0. The molecule has 0 bridgehead atoms. The van der Waals surface area contributed by atoms with E-state index in [0.717, 1.165) is 19.2 Å². The zero-order chi connectivity index (χ0) is 18.5. The maximum Gasteiger partial charge on any atom is 0.413 e. The third-order valence-corrected chi connectivity index (χ3v) is 4.21. The Balaban J connectivity index is 2.82. The van der Waals surface area contributed by atoms with E-state index in [2.05, 4.69) is 15.4 Å². The lowest BCUT2D eigenvalue weighted by atomic mass is 10.3. The average molecular weight is 387 g/mol. The van der Waals surface area contributed by atoms with E-state index in [1.54, 1.807) is 0 Å². The Labute approximate surface area is 142 Å². The summed E-state index contributed by atoms with van der Waals surface area (Å²) < 4.78 is 66.2. The molecule has 1 rings (SSSR count). The number of ether oxygens (including phenoxy) is 1. The minimum Gasteiger partial charge on any atom is -0.453 e. The molecule has 0 aliphatic carbocycles. The monoisotopic (exact) mass is 387 g/mol. The molecule has 6 nitrogen and oxygen atoms in total. The molecule has 0 heterocycles. The van der Waals surface area contributed by atoms with Crippen molar-refractivity contribution in [3.8, 4) is 0 Å². The molecule has 0 radical (unpaired) electrons.